The molecule has 2 aromatic heterocycles. The van der Waals surface area contributed by atoms with Crippen molar-refractivity contribution in [3.05, 3.63) is 26.7 Å². The zero-order chi connectivity index (χ0) is 16.0. The van der Waals surface area contributed by atoms with Gasteiger partial charge in [-0.05, 0) is 26.2 Å². The van der Waals surface area contributed by atoms with Gasteiger partial charge in [0.1, 0.15) is 5.82 Å². The number of nitrogens with two attached hydrogens (primary N) is 1. The molecule has 7 nitrogen and oxygen atoms in total. The lowest BCUT2D eigenvalue weighted by Gasteiger charge is -2.13. The van der Waals surface area contributed by atoms with Crippen molar-refractivity contribution in [1.29, 1.82) is 0 Å². The number of aromatic nitrogens is 4. The summed E-state index contributed by atoms with van der Waals surface area (Å²) in [5, 5.41) is 0. The van der Waals surface area contributed by atoms with E-state index in [9.17, 15) is 9.59 Å². The number of hydrogen-bond acceptors (Lipinski definition) is 4. The van der Waals surface area contributed by atoms with Crippen LogP contribution in [0.2, 0.25) is 0 Å². The second kappa shape index (κ2) is 5.39. The first-order valence-corrected chi connectivity index (χ1v) is 7.95. The maximum atomic E-state index is 12.8. The summed E-state index contributed by atoms with van der Waals surface area (Å²) in [5.41, 5.74) is 6.36. The summed E-state index contributed by atoms with van der Waals surface area (Å²) in [6.07, 6.45) is 2.92. The maximum Gasteiger partial charge on any atom is 0.332 e. The van der Waals surface area contributed by atoms with E-state index in [0.717, 1.165) is 25.1 Å². The van der Waals surface area contributed by atoms with Crippen molar-refractivity contribution in [3.63, 3.8) is 0 Å². The molecular weight excluding hydrogens is 282 g/mol. The SMILES string of the molecule is CCC(N)Cn1c(=O)c2c(nc(C3CC3)n2C)n(CC)c1=O. The molecule has 0 spiro atoms. The van der Waals surface area contributed by atoms with Crippen LogP contribution in [0.15, 0.2) is 9.59 Å². The minimum atomic E-state index is -0.315. The summed E-state index contributed by atoms with van der Waals surface area (Å²) < 4.78 is 4.69. The largest absolute Gasteiger partial charge is 0.332 e. The number of aryl methyl sites for hydroxylation is 2. The van der Waals surface area contributed by atoms with Crippen LogP contribution in [-0.2, 0) is 20.1 Å². The fourth-order valence-corrected chi connectivity index (χ4v) is 2.90. The van der Waals surface area contributed by atoms with Gasteiger partial charge in [0.2, 0.25) is 0 Å². The van der Waals surface area contributed by atoms with Crippen molar-refractivity contribution in [2.24, 2.45) is 12.8 Å². The van der Waals surface area contributed by atoms with Crippen LogP contribution in [0.4, 0.5) is 0 Å². The predicted octanol–water partition coefficient (Wildman–Crippen LogP) is 0.531. The predicted molar refractivity (Wildman–Crippen MR) is 85.1 cm³/mol. The number of fused-ring (bicyclic) bond motifs is 1. The number of hydrogen-bond donors (Lipinski definition) is 1. The van der Waals surface area contributed by atoms with Gasteiger partial charge in [0.25, 0.3) is 5.56 Å². The highest BCUT2D eigenvalue weighted by Gasteiger charge is 2.30. The molecule has 0 aromatic carbocycles. The Hall–Kier alpha value is -1.89. The Morgan fingerprint density at radius 2 is 1.95 bits per heavy atom. The molecule has 0 saturated heterocycles. The van der Waals surface area contributed by atoms with Crippen LogP contribution in [0.5, 0.6) is 0 Å². The van der Waals surface area contributed by atoms with E-state index in [4.69, 9.17) is 5.73 Å². The van der Waals surface area contributed by atoms with E-state index in [1.165, 1.54) is 4.57 Å². The average Bonchev–Trinajstić information content (AvgIpc) is 3.28. The van der Waals surface area contributed by atoms with Gasteiger partial charge in [-0.15, -0.1) is 0 Å². The molecule has 0 aliphatic heterocycles. The smallest absolute Gasteiger partial charge is 0.326 e. The molecule has 2 aromatic rings. The summed E-state index contributed by atoms with van der Waals surface area (Å²) >= 11 is 0. The molecule has 7 heteroatoms. The van der Waals surface area contributed by atoms with Crippen molar-refractivity contribution >= 4 is 11.2 Å². The minimum absolute atomic E-state index is 0.204. The molecule has 1 saturated carbocycles. The van der Waals surface area contributed by atoms with Gasteiger partial charge in [-0.2, -0.15) is 0 Å². The van der Waals surface area contributed by atoms with Crippen LogP contribution in [-0.4, -0.2) is 24.7 Å². The normalized spacial score (nSPS) is 16.4. The Morgan fingerprint density at radius 1 is 1.27 bits per heavy atom. The van der Waals surface area contributed by atoms with E-state index < -0.39 is 0 Å². The van der Waals surface area contributed by atoms with Crippen molar-refractivity contribution in [1.82, 2.24) is 18.7 Å². The Kier molecular flexibility index (Phi) is 3.68. The zero-order valence-electron chi connectivity index (χ0n) is 13.4. The fourth-order valence-electron chi connectivity index (χ4n) is 2.90. The highest BCUT2D eigenvalue weighted by atomic mass is 16.2. The van der Waals surface area contributed by atoms with E-state index in [0.29, 0.717) is 23.6 Å². The summed E-state index contributed by atoms with van der Waals surface area (Å²) in [5.74, 6) is 1.33. The summed E-state index contributed by atoms with van der Waals surface area (Å²) in [7, 11) is 1.86. The van der Waals surface area contributed by atoms with E-state index >= 15 is 0 Å². The van der Waals surface area contributed by atoms with E-state index in [2.05, 4.69) is 4.98 Å². The van der Waals surface area contributed by atoms with Crippen LogP contribution < -0.4 is 17.0 Å². The molecule has 0 radical (unpaired) electrons. The number of imidazole rings is 1. The molecule has 1 atom stereocenters. The Balaban J connectivity index is 2.31. The lowest BCUT2D eigenvalue weighted by atomic mass is 10.2. The van der Waals surface area contributed by atoms with Crippen LogP contribution in [0.25, 0.3) is 11.2 Å². The number of rotatable bonds is 5. The topological polar surface area (TPSA) is 87.8 Å². The van der Waals surface area contributed by atoms with Crippen LogP contribution in [0, 0.1) is 0 Å². The quantitative estimate of drug-likeness (QED) is 0.873. The third-order valence-corrected chi connectivity index (χ3v) is 4.48. The third kappa shape index (κ3) is 2.20. The molecule has 0 bridgehead atoms. The summed E-state index contributed by atoms with van der Waals surface area (Å²) in [6.45, 7) is 4.56. The van der Waals surface area contributed by atoms with E-state index in [1.807, 2.05) is 25.5 Å². The van der Waals surface area contributed by atoms with Crippen LogP contribution in [0.1, 0.15) is 44.9 Å². The third-order valence-electron chi connectivity index (χ3n) is 4.48. The zero-order valence-corrected chi connectivity index (χ0v) is 13.4. The summed E-state index contributed by atoms with van der Waals surface area (Å²) in [6, 6.07) is -0.204. The maximum absolute atomic E-state index is 12.8. The molecule has 1 unspecified atom stereocenters. The van der Waals surface area contributed by atoms with Gasteiger partial charge in [-0.1, -0.05) is 6.92 Å². The molecule has 2 heterocycles. The lowest BCUT2D eigenvalue weighted by molar-refractivity contribution is 0.493. The first kappa shape index (κ1) is 15.0. The van der Waals surface area contributed by atoms with Crippen molar-refractivity contribution < 1.29 is 0 Å². The molecule has 1 aliphatic carbocycles. The molecule has 1 fully saturated rings. The lowest BCUT2D eigenvalue weighted by Crippen LogP contribution is -2.44. The van der Waals surface area contributed by atoms with Gasteiger partial charge in [-0.25, -0.2) is 9.78 Å². The van der Waals surface area contributed by atoms with Crippen molar-refractivity contribution in [2.75, 3.05) is 0 Å². The molecule has 22 heavy (non-hydrogen) atoms. The summed E-state index contributed by atoms with van der Waals surface area (Å²) in [4.78, 5) is 30.0. The van der Waals surface area contributed by atoms with Gasteiger partial charge in [0.15, 0.2) is 11.2 Å². The van der Waals surface area contributed by atoms with Gasteiger partial charge in [0.05, 0.1) is 0 Å². The van der Waals surface area contributed by atoms with Gasteiger partial charge in [-0.3, -0.25) is 13.9 Å². The fraction of sp³-hybridized carbons (Fsp3) is 0.667. The average molecular weight is 305 g/mol. The van der Waals surface area contributed by atoms with E-state index in [1.54, 1.807) is 4.57 Å². The van der Waals surface area contributed by atoms with Gasteiger partial charge in [0, 0.05) is 32.1 Å². The van der Waals surface area contributed by atoms with E-state index in [-0.39, 0.29) is 23.8 Å². The minimum Gasteiger partial charge on any atom is -0.326 e. The number of nitrogens with zero attached hydrogens (tertiary/aromatic N) is 4. The van der Waals surface area contributed by atoms with Gasteiger partial charge < -0.3 is 10.3 Å². The van der Waals surface area contributed by atoms with Crippen LogP contribution >= 0.6 is 0 Å². The Labute approximate surface area is 128 Å². The van der Waals surface area contributed by atoms with Crippen LogP contribution in [0.3, 0.4) is 0 Å². The first-order valence-electron chi connectivity index (χ1n) is 7.95. The monoisotopic (exact) mass is 305 g/mol. The standard InChI is InChI=1S/C15H23N5O2/c1-4-10(16)8-20-14(21)11-13(19(5-2)15(20)22)17-12(18(11)3)9-6-7-9/h9-10H,4-8,16H2,1-3H3. The van der Waals surface area contributed by atoms with Crippen molar-refractivity contribution in [3.8, 4) is 0 Å². The highest BCUT2D eigenvalue weighted by Crippen LogP contribution is 2.39. The molecule has 2 N–H and O–H groups in total. The highest BCUT2D eigenvalue weighted by molar-refractivity contribution is 5.71. The molecule has 1 aliphatic rings. The Morgan fingerprint density at radius 3 is 2.50 bits per heavy atom. The van der Waals surface area contributed by atoms with Gasteiger partial charge >= 0.3 is 5.69 Å². The second-order valence-electron chi connectivity index (χ2n) is 6.09. The second-order valence-corrected chi connectivity index (χ2v) is 6.09. The van der Waals surface area contributed by atoms with Crippen molar-refractivity contribution in [2.45, 2.75) is 58.2 Å². The molecular formula is C15H23N5O2. The molecule has 120 valence electrons. The molecule has 0 amide bonds. The Bertz CT molecular complexity index is 825. The molecule has 3 rings (SSSR count). The first-order chi connectivity index (χ1) is 10.5.